The lowest BCUT2D eigenvalue weighted by molar-refractivity contribution is 0.0603. The molecule has 128 valence electrons. The molecule has 0 aliphatic carbocycles. The van der Waals surface area contributed by atoms with Crippen LogP contribution in [0.25, 0.3) is 0 Å². The largest absolute Gasteiger partial charge is 0.497 e. The highest BCUT2D eigenvalue weighted by Crippen LogP contribution is 2.23. The summed E-state index contributed by atoms with van der Waals surface area (Å²) in [7, 11) is -1.62. The van der Waals surface area contributed by atoms with Gasteiger partial charge in [0.1, 0.15) is 5.75 Å². The molecule has 0 radical (unpaired) electrons. The second-order valence-corrected chi connectivity index (χ2v) is 7.67. The van der Waals surface area contributed by atoms with Gasteiger partial charge < -0.3 is 9.64 Å². The van der Waals surface area contributed by atoms with Crippen LogP contribution >= 0.6 is 0 Å². The van der Waals surface area contributed by atoms with Crippen LogP contribution in [0.1, 0.15) is 36.0 Å². The molecule has 0 unspecified atom stereocenters. The molecule has 2 rings (SSSR count). The molecule has 1 atom stereocenters. The average molecular weight is 340 g/mol. The summed E-state index contributed by atoms with van der Waals surface area (Å²) in [5.41, 5.74) is 0.604. The minimum Gasteiger partial charge on any atom is -0.497 e. The topological polar surface area (TPSA) is 75.7 Å². The number of nitrogens with zero attached hydrogens (tertiary/aromatic N) is 1. The predicted molar refractivity (Wildman–Crippen MR) is 89.1 cm³/mol. The van der Waals surface area contributed by atoms with Crippen LogP contribution in [0.3, 0.4) is 0 Å². The molecule has 0 spiro atoms. The van der Waals surface area contributed by atoms with Gasteiger partial charge >= 0.3 is 0 Å². The summed E-state index contributed by atoms with van der Waals surface area (Å²) >= 11 is 0. The number of sulfonamides is 1. The van der Waals surface area contributed by atoms with Gasteiger partial charge in [0, 0.05) is 24.7 Å². The van der Waals surface area contributed by atoms with Crippen molar-refractivity contribution in [1.82, 2.24) is 9.62 Å². The van der Waals surface area contributed by atoms with E-state index in [1.54, 1.807) is 31.4 Å². The summed E-state index contributed by atoms with van der Waals surface area (Å²) in [5, 5.41) is 0. The summed E-state index contributed by atoms with van der Waals surface area (Å²) in [6.45, 7) is 1.06. The molecule has 1 aliphatic heterocycles. The number of carbonyl (C=O) groups is 1. The van der Waals surface area contributed by atoms with Gasteiger partial charge in [-0.1, -0.05) is 6.07 Å². The smallest absolute Gasteiger partial charge is 0.254 e. The number of hydrogen-bond donors (Lipinski definition) is 1. The van der Waals surface area contributed by atoms with Crippen LogP contribution in [0.2, 0.25) is 0 Å². The van der Waals surface area contributed by atoms with Gasteiger partial charge in [0.25, 0.3) is 5.91 Å². The van der Waals surface area contributed by atoms with Crippen molar-refractivity contribution in [2.24, 2.45) is 0 Å². The first-order chi connectivity index (χ1) is 10.9. The summed E-state index contributed by atoms with van der Waals surface area (Å²) < 4.78 is 30.0. The molecule has 1 saturated heterocycles. The lowest BCUT2D eigenvalue weighted by atomic mass is 9.98. The van der Waals surface area contributed by atoms with Crippen LogP contribution in [0.4, 0.5) is 0 Å². The van der Waals surface area contributed by atoms with Crippen molar-refractivity contribution in [3.05, 3.63) is 29.8 Å². The predicted octanol–water partition coefficient (Wildman–Crippen LogP) is 1.63. The second kappa shape index (κ2) is 7.79. The van der Waals surface area contributed by atoms with Gasteiger partial charge in [0.15, 0.2) is 0 Å². The Kier molecular flexibility index (Phi) is 6.01. The molecule has 1 amide bonds. The van der Waals surface area contributed by atoms with E-state index in [1.165, 1.54) is 0 Å². The highest BCUT2D eigenvalue weighted by molar-refractivity contribution is 7.88. The number of carbonyl (C=O) groups excluding carboxylic acids is 1. The van der Waals surface area contributed by atoms with Crippen LogP contribution in [0, 0.1) is 0 Å². The molecular formula is C16H24N2O4S. The maximum absolute atomic E-state index is 12.8. The van der Waals surface area contributed by atoms with Crippen molar-refractivity contribution in [1.29, 1.82) is 0 Å². The fourth-order valence-electron chi connectivity index (χ4n) is 2.90. The van der Waals surface area contributed by atoms with Crippen molar-refractivity contribution in [3.8, 4) is 5.75 Å². The van der Waals surface area contributed by atoms with Crippen LogP contribution in [0.5, 0.6) is 5.75 Å². The normalized spacial score (nSPS) is 18.7. The Balaban J connectivity index is 2.06. The number of piperidine rings is 1. The molecular weight excluding hydrogens is 316 g/mol. The molecule has 1 fully saturated rings. The molecule has 0 aromatic heterocycles. The number of methoxy groups -OCH3 is 1. The van der Waals surface area contributed by atoms with E-state index >= 15 is 0 Å². The van der Waals surface area contributed by atoms with Crippen LogP contribution < -0.4 is 9.46 Å². The van der Waals surface area contributed by atoms with E-state index < -0.39 is 10.0 Å². The second-order valence-electron chi connectivity index (χ2n) is 5.84. The van der Waals surface area contributed by atoms with Gasteiger partial charge in [-0.15, -0.1) is 0 Å². The van der Waals surface area contributed by atoms with Crippen LogP contribution in [-0.4, -0.2) is 51.7 Å². The molecule has 7 heteroatoms. The Bertz CT molecular complexity index is 645. The Labute approximate surface area is 137 Å². The van der Waals surface area contributed by atoms with E-state index in [-0.39, 0.29) is 11.9 Å². The summed E-state index contributed by atoms with van der Waals surface area (Å²) in [4.78, 5) is 14.6. The summed E-state index contributed by atoms with van der Waals surface area (Å²) in [6, 6.07) is 7.20. The molecule has 23 heavy (non-hydrogen) atoms. The number of likely N-dealkylation sites (tertiary alicyclic amines) is 1. The zero-order valence-corrected chi connectivity index (χ0v) is 14.4. The molecule has 0 bridgehead atoms. The van der Waals surface area contributed by atoms with Crippen molar-refractivity contribution in [2.75, 3.05) is 26.5 Å². The number of ether oxygens (including phenoxy) is 1. The Morgan fingerprint density at radius 3 is 2.87 bits per heavy atom. The maximum Gasteiger partial charge on any atom is 0.254 e. The third-order valence-corrected chi connectivity index (χ3v) is 4.78. The van der Waals surface area contributed by atoms with Gasteiger partial charge in [0.2, 0.25) is 10.0 Å². The van der Waals surface area contributed by atoms with Crippen LogP contribution in [0.15, 0.2) is 24.3 Å². The average Bonchev–Trinajstić information content (AvgIpc) is 2.53. The first kappa shape index (κ1) is 17.7. The number of hydrogen-bond acceptors (Lipinski definition) is 4. The van der Waals surface area contributed by atoms with E-state index in [0.717, 1.165) is 25.5 Å². The quantitative estimate of drug-likeness (QED) is 0.854. The summed E-state index contributed by atoms with van der Waals surface area (Å²) in [5.74, 6) is 0.635. The van der Waals surface area contributed by atoms with Gasteiger partial charge in [-0.2, -0.15) is 0 Å². The van der Waals surface area contributed by atoms with Gasteiger partial charge in [-0.05, 0) is 43.9 Å². The van der Waals surface area contributed by atoms with Gasteiger partial charge in [-0.25, -0.2) is 13.1 Å². The Morgan fingerprint density at radius 1 is 1.39 bits per heavy atom. The Hall–Kier alpha value is -1.60. The van der Waals surface area contributed by atoms with Crippen molar-refractivity contribution in [3.63, 3.8) is 0 Å². The van der Waals surface area contributed by atoms with E-state index in [0.29, 0.717) is 30.8 Å². The first-order valence-electron chi connectivity index (χ1n) is 7.80. The minimum atomic E-state index is -3.19. The third-order valence-electron chi connectivity index (χ3n) is 4.05. The zero-order chi connectivity index (χ0) is 16.9. The number of rotatable bonds is 6. The Morgan fingerprint density at radius 2 is 2.17 bits per heavy atom. The van der Waals surface area contributed by atoms with E-state index in [1.807, 2.05) is 4.90 Å². The number of benzene rings is 1. The van der Waals surface area contributed by atoms with Crippen molar-refractivity contribution >= 4 is 15.9 Å². The fourth-order valence-corrected chi connectivity index (χ4v) is 3.39. The summed E-state index contributed by atoms with van der Waals surface area (Å²) in [6.07, 6.45) is 4.72. The van der Waals surface area contributed by atoms with Crippen molar-refractivity contribution in [2.45, 2.75) is 31.7 Å². The zero-order valence-electron chi connectivity index (χ0n) is 13.6. The molecule has 1 heterocycles. The van der Waals surface area contributed by atoms with E-state index in [4.69, 9.17) is 4.74 Å². The number of amides is 1. The monoisotopic (exact) mass is 340 g/mol. The fraction of sp³-hybridized carbons (Fsp3) is 0.562. The molecule has 1 aromatic rings. The molecule has 0 saturated carbocycles. The van der Waals surface area contributed by atoms with Gasteiger partial charge in [-0.3, -0.25) is 4.79 Å². The van der Waals surface area contributed by atoms with Crippen LogP contribution in [-0.2, 0) is 10.0 Å². The standard InChI is InChI=1S/C16H24N2O4S/c1-22-15-8-5-6-13(12-15)16(19)18-11-4-3-7-14(18)9-10-17-23(2,20)21/h5-6,8,12,14,17H,3-4,7,9-11H2,1-2H3/t14-/m0/s1. The maximum atomic E-state index is 12.8. The lowest BCUT2D eigenvalue weighted by Crippen LogP contribution is -2.45. The minimum absolute atomic E-state index is 0.0204. The molecule has 1 aliphatic rings. The van der Waals surface area contributed by atoms with Gasteiger partial charge in [0.05, 0.1) is 13.4 Å². The SMILES string of the molecule is COc1cccc(C(=O)N2CCCC[C@H]2CCNS(C)(=O)=O)c1. The highest BCUT2D eigenvalue weighted by Gasteiger charge is 2.27. The molecule has 1 N–H and O–H groups in total. The third kappa shape index (κ3) is 5.21. The lowest BCUT2D eigenvalue weighted by Gasteiger charge is -2.36. The van der Waals surface area contributed by atoms with E-state index in [2.05, 4.69) is 4.72 Å². The van der Waals surface area contributed by atoms with Crippen molar-refractivity contribution < 1.29 is 17.9 Å². The molecule has 6 nitrogen and oxygen atoms in total. The van der Waals surface area contributed by atoms with E-state index in [9.17, 15) is 13.2 Å². The molecule has 1 aromatic carbocycles. The highest BCUT2D eigenvalue weighted by atomic mass is 32.2. The first-order valence-corrected chi connectivity index (χ1v) is 9.69. The number of nitrogens with one attached hydrogen (secondary N) is 1.